The van der Waals surface area contributed by atoms with E-state index in [1.54, 1.807) is 12.3 Å². The van der Waals surface area contributed by atoms with Gasteiger partial charge < -0.3 is 15.4 Å². The highest BCUT2D eigenvalue weighted by atomic mass is 16.5. The first kappa shape index (κ1) is 14.3. The van der Waals surface area contributed by atoms with Gasteiger partial charge in [-0.05, 0) is 31.4 Å². The minimum absolute atomic E-state index is 0.0966. The van der Waals surface area contributed by atoms with E-state index in [1.165, 1.54) is 7.11 Å². The Hall–Kier alpha value is -2.11. The number of hydrogen-bond donors (Lipinski definition) is 1. The maximum atomic E-state index is 11.5. The number of primary amides is 1. The SMILES string of the molecule is COC(=O)CC1CCCCN1c1ccnc(C(N)=O)c1. The fourth-order valence-electron chi connectivity index (χ4n) is 2.56. The quantitative estimate of drug-likeness (QED) is 0.833. The second kappa shape index (κ2) is 6.36. The number of carbonyl (C=O) groups is 2. The van der Waals surface area contributed by atoms with E-state index in [1.807, 2.05) is 6.07 Å². The van der Waals surface area contributed by atoms with E-state index in [4.69, 9.17) is 10.5 Å². The molecule has 1 amide bonds. The second-order valence-electron chi connectivity index (χ2n) is 4.89. The molecule has 6 nitrogen and oxygen atoms in total. The summed E-state index contributed by atoms with van der Waals surface area (Å²) in [5.41, 5.74) is 6.37. The van der Waals surface area contributed by atoms with Crippen molar-refractivity contribution in [2.45, 2.75) is 31.7 Å². The predicted octanol–water partition coefficient (Wildman–Crippen LogP) is 1.10. The van der Waals surface area contributed by atoms with Crippen LogP contribution in [-0.4, -0.2) is 36.6 Å². The average molecular weight is 277 g/mol. The van der Waals surface area contributed by atoms with Crippen molar-refractivity contribution >= 4 is 17.6 Å². The van der Waals surface area contributed by atoms with Crippen molar-refractivity contribution in [1.29, 1.82) is 0 Å². The largest absolute Gasteiger partial charge is 0.469 e. The van der Waals surface area contributed by atoms with Crippen LogP contribution in [0.1, 0.15) is 36.2 Å². The van der Waals surface area contributed by atoms with E-state index in [9.17, 15) is 9.59 Å². The zero-order valence-corrected chi connectivity index (χ0v) is 11.5. The molecule has 0 bridgehead atoms. The Kier molecular flexibility index (Phi) is 4.55. The molecule has 6 heteroatoms. The van der Waals surface area contributed by atoms with Crippen LogP contribution >= 0.6 is 0 Å². The summed E-state index contributed by atoms with van der Waals surface area (Å²) >= 11 is 0. The zero-order valence-electron chi connectivity index (χ0n) is 11.5. The minimum atomic E-state index is -0.548. The van der Waals surface area contributed by atoms with Gasteiger partial charge in [0.15, 0.2) is 0 Å². The molecule has 1 saturated heterocycles. The topological polar surface area (TPSA) is 85.5 Å². The van der Waals surface area contributed by atoms with Gasteiger partial charge in [-0.1, -0.05) is 0 Å². The lowest BCUT2D eigenvalue weighted by Crippen LogP contribution is -2.41. The van der Waals surface area contributed by atoms with Gasteiger partial charge in [-0.2, -0.15) is 0 Å². The Balaban J connectivity index is 2.20. The van der Waals surface area contributed by atoms with Crippen LogP contribution in [0.3, 0.4) is 0 Å². The summed E-state index contributed by atoms with van der Waals surface area (Å²) in [5, 5.41) is 0. The van der Waals surface area contributed by atoms with Crippen molar-refractivity contribution in [3.05, 3.63) is 24.0 Å². The van der Waals surface area contributed by atoms with Gasteiger partial charge in [0.25, 0.3) is 5.91 Å². The lowest BCUT2D eigenvalue weighted by atomic mass is 9.98. The van der Waals surface area contributed by atoms with Gasteiger partial charge in [-0.3, -0.25) is 14.6 Å². The summed E-state index contributed by atoms with van der Waals surface area (Å²) in [4.78, 5) is 28.8. The molecular weight excluding hydrogens is 258 g/mol. The third-order valence-corrected chi connectivity index (χ3v) is 3.58. The Bertz CT molecular complexity index is 504. The highest BCUT2D eigenvalue weighted by Crippen LogP contribution is 2.26. The molecule has 1 unspecified atom stereocenters. The fraction of sp³-hybridized carbons (Fsp3) is 0.500. The number of ether oxygens (including phenoxy) is 1. The van der Waals surface area contributed by atoms with E-state index >= 15 is 0 Å². The molecular formula is C14H19N3O3. The number of amides is 1. The third-order valence-electron chi connectivity index (χ3n) is 3.58. The van der Waals surface area contributed by atoms with E-state index in [-0.39, 0.29) is 17.7 Å². The minimum Gasteiger partial charge on any atom is -0.469 e. The summed E-state index contributed by atoms with van der Waals surface area (Å²) in [6.07, 6.45) is 5.01. The molecule has 1 atom stereocenters. The van der Waals surface area contributed by atoms with Crippen molar-refractivity contribution in [3.8, 4) is 0 Å². The number of carbonyl (C=O) groups excluding carboxylic acids is 2. The van der Waals surface area contributed by atoms with Crippen LogP contribution in [0.4, 0.5) is 5.69 Å². The molecule has 1 aromatic rings. The fourth-order valence-corrected chi connectivity index (χ4v) is 2.56. The molecule has 2 heterocycles. The summed E-state index contributed by atoms with van der Waals surface area (Å²) < 4.78 is 4.75. The van der Waals surface area contributed by atoms with Gasteiger partial charge in [0.05, 0.1) is 13.5 Å². The van der Waals surface area contributed by atoms with E-state index in [0.29, 0.717) is 6.42 Å². The number of rotatable bonds is 4. The van der Waals surface area contributed by atoms with Gasteiger partial charge >= 0.3 is 5.97 Å². The second-order valence-corrected chi connectivity index (χ2v) is 4.89. The molecule has 2 rings (SSSR count). The van der Waals surface area contributed by atoms with Crippen molar-refractivity contribution in [2.24, 2.45) is 5.73 Å². The molecule has 1 aliphatic heterocycles. The third kappa shape index (κ3) is 3.26. The Morgan fingerprint density at radius 2 is 2.30 bits per heavy atom. The number of hydrogen-bond acceptors (Lipinski definition) is 5. The number of anilines is 1. The zero-order chi connectivity index (χ0) is 14.5. The smallest absolute Gasteiger partial charge is 0.307 e. The summed E-state index contributed by atoms with van der Waals surface area (Å²) in [5.74, 6) is -0.764. The van der Waals surface area contributed by atoms with Crippen molar-refractivity contribution in [2.75, 3.05) is 18.6 Å². The molecule has 1 aromatic heterocycles. The van der Waals surface area contributed by atoms with Crippen LogP contribution in [0.15, 0.2) is 18.3 Å². The van der Waals surface area contributed by atoms with Crippen molar-refractivity contribution < 1.29 is 14.3 Å². The molecule has 0 saturated carbocycles. The van der Waals surface area contributed by atoms with E-state index < -0.39 is 5.91 Å². The van der Waals surface area contributed by atoms with Crippen LogP contribution in [0.5, 0.6) is 0 Å². The number of nitrogens with two attached hydrogens (primary N) is 1. The maximum Gasteiger partial charge on any atom is 0.307 e. The molecule has 0 spiro atoms. The standard InChI is InChI=1S/C14H19N3O3/c1-20-13(18)9-10-4-2-3-7-17(10)11-5-6-16-12(8-11)14(15)19/h5-6,8,10H,2-4,7,9H2,1H3,(H2,15,19). The Morgan fingerprint density at radius 1 is 1.50 bits per heavy atom. The Labute approximate surface area is 117 Å². The molecule has 0 aromatic carbocycles. The van der Waals surface area contributed by atoms with Gasteiger partial charge in [-0.25, -0.2) is 0 Å². The van der Waals surface area contributed by atoms with E-state index in [0.717, 1.165) is 31.5 Å². The number of piperidine rings is 1. The number of aromatic nitrogens is 1. The number of nitrogens with zero attached hydrogens (tertiary/aromatic N) is 2. The number of methoxy groups -OCH3 is 1. The molecule has 0 radical (unpaired) electrons. The molecule has 20 heavy (non-hydrogen) atoms. The molecule has 1 fully saturated rings. The lowest BCUT2D eigenvalue weighted by Gasteiger charge is -2.37. The van der Waals surface area contributed by atoms with Crippen molar-refractivity contribution in [1.82, 2.24) is 4.98 Å². The first-order valence-corrected chi connectivity index (χ1v) is 6.71. The van der Waals surface area contributed by atoms with Gasteiger partial charge in [-0.15, -0.1) is 0 Å². The number of pyridine rings is 1. The average Bonchev–Trinajstić information content (AvgIpc) is 2.47. The van der Waals surface area contributed by atoms with Gasteiger partial charge in [0, 0.05) is 24.5 Å². The van der Waals surface area contributed by atoms with Crippen LogP contribution in [0.25, 0.3) is 0 Å². The van der Waals surface area contributed by atoms with E-state index in [2.05, 4.69) is 9.88 Å². The van der Waals surface area contributed by atoms with Gasteiger partial charge in [0.2, 0.25) is 0 Å². The predicted molar refractivity (Wildman–Crippen MR) is 74.4 cm³/mol. The molecule has 1 aliphatic rings. The van der Waals surface area contributed by atoms with Crippen LogP contribution < -0.4 is 10.6 Å². The van der Waals surface area contributed by atoms with Crippen LogP contribution in [-0.2, 0) is 9.53 Å². The van der Waals surface area contributed by atoms with Gasteiger partial charge in [0.1, 0.15) is 5.69 Å². The normalized spacial score (nSPS) is 18.6. The van der Waals surface area contributed by atoms with Crippen LogP contribution in [0, 0.1) is 0 Å². The molecule has 108 valence electrons. The summed E-state index contributed by atoms with van der Waals surface area (Å²) in [6.45, 7) is 0.851. The first-order valence-electron chi connectivity index (χ1n) is 6.71. The van der Waals surface area contributed by atoms with Crippen LogP contribution in [0.2, 0.25) is 0 Å². The van der Waals surface area contributed by atoms with Crippen molar-refractivity contribution in [3.63, 3.8) is 0 Å². The lowest BCUT2D eigenvalue weighted by molar-refractivity contribution is -0.141. The highest BCUT2D eigenvalue weighted by molar-refractivity contribution is 5.91. The monoisotopic (exact) mass is 277 g/mol. The number of esters is 1. The maximum absolute atomic E-state index is 11.5. The summed E-state index contributed by atoms with van der Waals surface area (Å²) in [6, 6.07) is 3.61. The molecule has 2 N–H and O–H groups in total. The summed E-state index contributed by atoms with van der Waals surface area (Å²) in [7, 11) is 1.40. The Morgan fingerprint density at radius 3 is 3.00 bits per heavy atom. The molecule has 0 aliphatic carbocycles. The first-order chi connectivity index (χ1) is 9.61. The highest BCUT2D eigenvalue weighted by Gasteiger charge is 2.25.